The molecule has 0 saturated carbocycles. The molecule has 0 atom stereocenters. The standard InChI is InChI=1S/C20H27NO4/c1-5-7-15-12-17(21-25)16(19(22)18(15)20(23)24)11-10-14(4)9-6-8-13(2)3/h8,10,12,22H,5-7,9,11H2,1-4H3,(H,23,24)/b14-10+. The second kappa shape index (κ2) is 9.77. The van der Waals surface area contributed by atoms with Gasteiger partial charge in [-0.3, -0.25) is 0 Å². The summed E-state index contributed by atoms with van der Waals surface area (Å²) in [7, 11) is 0. The van der Waals surface area contributed by atoms with E-state index in [4.69, 9.17) is 0 Å². The third-order valence-corrected chi connectivity index (χ3v) is 4.04. The molecule has 2 N–H and O–H groups in total. The van der Waals surface area contributed by atoms with Crippen molar-refractivity contribution in [2.75, 3.05) is 0 Å². The summed E-state index contributed by atoms with van der Waals surface area (Å²) >= 11 is 0. The molecular weight excluding hydrogens is 318 g/mol. The van der Waals surface area contributed by atoms with E-state index in [0.717, 1.165) is 18.4 Å². The molecule has 0 amide bonds. The van der Waals surface area contributed by atoms with E-state index in [0.29, 0.717) is 18.4 Å². The summed E-state index contributed by atoms with van der Waals surface area (Å²) < 4.78 is 0. The number of carboxylic acids is 1. The van der Waals surface area contributed by atoms with Crippen molar-refractivity contribution in [2.24, 2.45) is 5.18 Å². The zero-order valence-corrected chi connectivity index (χ0v) is 15.4. The van der Waals surface area contributed by atoms with Gasteiger partial charge in [0.05, 0.1) is 0 Å². The molecule has 1 aromatic rings. The van der Waals surface area contributed by atoms with Gasteiger partial charge in [-0.05, 0) is 63.3 Å². The number of carbonyl (C=O) groups is 1. The van der Waals surface area contributed by atoms with Crippen LogP contribution in [0.4, 0.5) is 5.69 Å². The quantitative estimate of drug-likeness (QED) is 0.445. The Bertz CT molecular complexity index is 698. The van der Waals surface area contributed by atoms with Crippen molar-refractivity contribution in [3.8, 4) is 5.75 Å². The van der Waals surface area contributed by atoms with Crippen LogP contribution in [0.5, 0.6) is 5.75 Å². The van der Waals surface area contributed by atoms with E-state index in [1.807, 2.05) is 33.8 Å². The fraction of sp³-hybridized carbons (Fsp3) is 0.450. The van der Waals surface area contributed by atoms with Crippen LogP contribution in [0.3, 0.4) is 0 Å². The molecule has 0 spiro atoms. The summed E-state index contributed by atoms with van der Waals surface area (Å²) in [5.74, 6) is -1.54. The van der Waals surface area contributed by atoms with Crippen LogP contribution in [0.25, 0.3) is 0 Å². The molecule has 0 aromatic heterocycles. The van der Waals surface area contributed by atoms with Crippen LogP contribution in [0.1, 0.15) is 68.4 Å². The van der Waals surface area contributed by atoms with E-state index in [9.17, 15) is 19.9 Å². The molecule has 0 aliphatic heterocycles. The summed E-state index contributed by atoms with van der Waals surface area (Å²) in [6, 6.07) is 1.49. The maximum atomic E-state index is 11.5. The molecule has 5 heteroatoms. The molecule has 1 rings (SSSR count). The van der Waals surface area contributed by atoms with Crippen molar-refractivity contribution in [1.82, 2.24) is 0 Å². The number of nitroso groups, excluding NO2 is 1. The third kappa shape index (κ3) is 5.85. The molecule has 0 saturated heterocycles. The molecule has 0 bridgehead atoms. The SMILES string of the molecule is CCCc1cc(N=O)c(C/C=C(\C)CCC=C(C)C)c(O)c1C(=O)O. The van der Waals surface area contributed by atoms with Gasteiger partial charge in [-0.25, -0.2) is 4.79 Å². The van der Waals surface area contributed by atoms with Crippen LogP contribution < -0.4 is 0 Å². The van der Waals surface area contributed by atoms with Crippen molar-refractivity contribution in [1.29, 1.82) is 0 Å². The summed E-state index contributed by atoms with van der Waals surface area (Å²) in [5, 5.41) is 22.8. The number of benzene rings is 1. The van der Waals surface area contributed by atoms with Crippen LogP contribution in [-0.2, 0) is 12.8 Å². The van der Waals surface area contributed by atoms with Crippen LogP contribution in [0.15, 0.2) is 34.5 Å². The molecule has 0 aliphatic rings. The zero-order chi connectivity index (χ0) is 19.0. The second-order valence-corrected chi connectivity index (χ2v) is 6.48. The number of phenols is 1. The van der Waals surface area contributed by atoms with Gasteiger partial charge in [0.25, 0.3) is 0 Å². The van der Waals surface area contributed by atoms with Gasteiger partial charge in [0.15, 0.2) is 0 Å². The predicted octanol–water partition coefficient (Wildman–Crippen LogP) is 5.68. The van der Waals surface area contributed by atoms with E-state index in [1.54, 1.807) is 0 Å². The Morgan fingerprint density at radius 2 is 1.92 bits per heavy atom. The Morgan fingerprint density at radius 1 is 1.24 bits per heavy atom. The Hall–Kier alpha value is -2.43. The molecule has 0 unspecified atom stereocenters. The van der Waals surface area contributed by atoms with Gasteiger partial charge in [-0.1, -0.05) is 36.6 Å². The number of nitrogens with zero attached hydrogens (tertiary/aromatic N) is 1. The lowest BCUT2D eigenvalue weighted by atomic mass is 9.95. The van der Waals surface area contributed by atoms with E-state index in [-0.39, 0.29) is 29.0 Å². The van der Waals surface area contributed by atoms with Gasteiger partial charge in [0.2, 0.25) is 0 Å². The lowest BCUT2D eigenvalue weighted by Crippen LogP contribution is -2.05. The van der Waals surface area contributed by atoms with Crippen LogP contribution in [-0.4, -0.2) is 16.2 Å². The van der Waals surface area contributed by atoms with Crippen molar-refractivity contribution < 1.29 is 15.0 Å². The van der Waals surface area contributed by atoms with E-state index >= 15 is 0 Å². The zero-order valence-electron chi connectivity index (χ0n) is 15.4. The first kappa shape index (κ1) is 20.6. The molecule has 1 aromatic carbocycles. The molecule has 136 valence electrons. The normalized spacial score (nSPS) is 11.3. The highest BCUT2D eigenvalue weighted by atomic mass is 16.4. The lowest BCUT2D eigenvalue weighted by molar-refractivity contribution is 0.0692. The van der Waals surface area contributed by atoms with Crippen molar-refractivity contribution >= 4 is 11.7 Å². The minimum atomic E-state index is -1.19. The largest absolute Gasteiger partial charge is 0.507 e. The number of hydrogen-bond acceptors (Lipinski definition) is 4. The highest BCUT2D eigenvalue weighted by molar-refractivity contribution is 5.94. The molecule has 0 fully saturated rings. The number of allylic oxidation sites excluding steroid dienone is 4. The van der Waals surface area contributed by atoms with Gasteiger partial charge < -0.3 is 10.2 Å². The van der Waals surface area contributed by atoms with Gasteiger partial charge >= 0.3 is 5.97 Å². The van der Waals surface area contributed by atoms with Crippen LogP contribution in [0, 0.1) is 4.91 Å². The monoisotopic (exact) mass is 345 g/mol. The van der Waals surface area contributed by atoms with E-state index < -0.39 is 5.97 Å². The number of rotatable bonds is 9. The van der Waals surface area contributed by atoms with Crippen molar-refractivity contribution in [3.05, 3.63) is 51.0 Å². The lowest BCUT2D eigenvalue weighted by Gasteiger charge is -2.13. The molecule has 0 heterocycles. The summed E-state index contributed by atoms with van der Waals surface area (Å²) in [6.07, 6.45) is 7.31. The second-order valence-electron chi connectivity index (χ2n) is 6.48. The van der Waals surface area contributed by atoms with Gasteiger partial charge in [-0.15, -0.1) is 4.91 Å². The first-order valence-corrected chi connectivity index (χ1v) is 8.55. The highest BCUT2D eigenvalue weighted by Crippen LogP contribution is 2.36. The topological polar surface area (TPSA) is 87.0 Å². The number of aryl methyl sites for hydroxylation is 1. The van der Waals surface area contributed by atoms with Crippen LogP contribution >= 0.6 is 0 Å². The van der Waals surface area contributed by atoms with Gasteiger partial charge in [0, 0.05) is 5.56 Å². The number of aromatic carboxylic acids is 1. The highest BCUT2D eigenvalue weighted by Gasteiger charge is 2.22. The minimum Gasteiger partial charge on any atom is -0.507 e. The fourth-order valence-corrected chi connectivity index (χ4v) is 2.70. The first-order chi connectivity index (χ1) is 11.8. The molecule has 0 aliphatic carbocycles. The minimum absolute atomic E-state index is 0.110. The third-order valence-electron chi connectivity index (χ3n) is 4.04. The fourth-order valence-electron chi connectivity index (χ4n) is 2.70. The Labute approximate surface area is 149 Å². The average Bonchev–Trinajstić information content (AvgIpc) is 2.53. The summed E-state index contributed by atoms with van der Waals surface area (Å²) in [5.41, 5.74) is 3.07. The molecule has 25 heavy (non-hydrogen) atoms. The Balaban J connectivity index is 3.17. The smallest absolute Gasteiger partial charge is 0.339 e. The van der Waals surface area contributed by atoms with Crippen molar-refractivity contribution in [2.45, 2.75) is 59.8 Å². The van der Waals surface area contributed by atoms with Gasteiger partial charge in [0.1, 0.15) is 17.0 Å². The molecule has 5 nitrogen and oxygen atoms in total. The summed E-state index contributed by atoms with van der Waals surface area (Å²) in [4.78, 5) is 22.7. The van der Waals surface area contributed by atoms with Crippen LogP contribution in [0.2, 0.25) is 0 Å². The average molecular weight is 345 g/mol. The van der Waals surface area contributed by atoms with Gasteiger partial charge in [-0.2, -0.15) is 0 Å². The first-order valence-electron chi connectivity index (χ1n) is 8.55. The van der Waals surface area contributed by atoms with E-state index in [1.165, 1.54) is 11.6 Å². The van der Waals surface area contributed by atoms with Crippen molar-refractivity contribution in [3.63, 3.8) is 0 Å². The maximum absolute atomic E-state index is 11.5. The molecular formula is C20H27NO4. The Morgan fingerprint density at radius 3 is 2.44 bits per heavy atom. The number of aromatic hydroxyl groups is 1. The Kier molecular flexibility index (Phi) is 8.05. The summed E-state index contributed by atoms with van der Waals surface area (Å²) in [6.45, 7) is 7.98. The number of hydrogen-bond donors (Lipinski definition) is 2. The van der Waals surface area contributed by atoms with E-state index in [2.05, 4.69) is 11.3 Å². The molecule has 0 radical (unpaired) electrons. The maximum Gasteiger partial charge on any atom is 0.339 e. The predicted molar refractivity (Wildman–Crippen MR) is 101 cm³/mol. The number of carboxylic acid groups (broad SMARTS) is 1.